The molecule has 0 fully saturated rings. The van der Waals surface area contributed by atoms with E-state index in [0.717, 1.165) is 5.56 Å². The summed E-state index contributed by atoms with van der Waals surface area (Å²) in [5, 5.41) is 0. The summed E-state index contributed by atoms with van der Waals surface area (Å²) in [7, 11) is -1.84. The maximum Gasteiger partial charge on any atom is 0.195 e. The Hall–Kier alpha value is -0.590. The first-order valence-corrected chi connectivity index (χ1v) is 5.55. The van der Waals surface area contributed by atoms with Crippen molar-refractivity contribution in [3.63, 3.8) is 0 Å². The van der Waals surface area contributed by atoms with Gasteiger partial charge in [0.2, 0.25) is 0 Å². The summed E-state index contributed by atoms with van der Waals surface area (Å²) in [4.78, 5) is 0. The zero-order valence-electron chi connectivity index (χ0n) is 7.12. The third kappa shape index (κ3) is 3.21. The first-order valence-electron chi connectivity index (χ1n) is 4.02. The lowest BCUT2D eigenvalue weighted by molar-refractivity contribution is 0.350. The van der Waals surface area contributed by atoms with Crippen molar-refractivity contribution in [2.75, 3.05) is 6.61 Å². The summed E-state index contributed by atoms with van der Waals surface area (Å²) >= 11 is 0. The number of hydrogen-bond donors (Lipinski definition) is 0. The van der Waals surface area contributed by atoms with Gasteiger partial charge < -0.3 is 4.52 Å². The highest BCUT2D eigenvalue weighted by Crippen LogP contribution is 2.27. The summed E-state index contributed by atoms with van der Waals surface area (Å²) in [6, 6.07) is 9.75. The highest BCUT2D eigenvalue weighted by atomic mass is 31.1. The SMILES string of the molecule is CCO[PH](=O)Cc1ccccc1. The van der Waals surface area contributed by atoms with Gasteiger partial charge in [-0.3, -0.25) is 4.57 Å². The third-order valence-corrected chi connectivity index (χ3v) is 2.80. The fourth-order valence-corrected chi connectivity index (χ4v) is 1.97. The van der Waals surface area contributed by atoms with Gasteiger partial charge in [-0.1, -0.05) is 30.3 Å². The van der Waals surface area contributed by atoms with Crippen molar-refractivity contribution in [1.29, 1.82) is 0 Å². The molecular weight excluding hydrogens is 171 g/mol. The van der Waals surface area contributed by atoms with Crippen LogP contribution in [0.5, 0.6) is 0 Å². The van der Waals surface area contributed by atoms with Crippen molar-refractivity contribution in [1.82, 2.24) is 0 Å². The smallest absolute Gasteiger partial charge is 0.195 e. The molecule has 0 saturated heterocycles. The largest absolute Gasteiger partial charge is 0.331 e. The van der Waals surface area contributed by atoms with Gasteiger partial charge in [-0.2, -0.15) is 0 Å². The third-order valence-electron chi connectivity index (χ3n) is 1.50. The van der Waals surface area contributed by atoms with Gasteiger partial charge >= 0.3 is 0 Å². The predicted molar refractivity (Wildman–Crippen MR) is 50.8 cm³/mol. The molecular formula is C9H13O2P. The van der Waals surface area contributed by atoms with E-state index < -0.39 is 8.03 Å². The van der Waals surface area contributed by atoms with Gasteiger partial charge in [-0.15, -0.1) is 0 Å². The molecule has 1 aromatic rings. The summed E-state index contributed by atoms with van der Waals surface area (Å²) in [6.45, 7) is 2.39. The molecule has 66 valence electrons. The lowest BCUT2D eigenvalue weighted by Gasteiger charge is -2.00. The lowest BCUT2D eigenvalue weighted by Crippen LogP contribution is -1.82. The van der Waals surface area contributed by atoms with Crippen LogP contribution in [0.1, 0.15) is 12.5 Å². The molecule has 0 heterocycles. The molecule has 0 radical (unpaired) electrons. The minimum Gasteiger partial charge on any atom is -0.331 e. The molecule has 3 heteroatoms. The number of hydrogen-bond acceptors (Lipinski definition) is 2. The van der Waals surface area contributed by atoms with Gasteiger partial charge in [0.15, 0.2) is 8.03 Å². The fraction of sp³-hybridized carbons (Fsp3) is 0.333. The van der Waals surface area contributed by atoms with Gasteiger partial charge in [0.05, 0.1) is 6.61 Å². The molecule has 1 rings (SSSR count). The molecule has 0 bridgehead atoms. The summed E-state index contributed by atoms with van der Waals surface area (Å²) < 4.78 is 16.2. The maximum atomic E-state index is 11.2. The van der Waals surface area contributed by atoms with Crippen LogP contribution in [-0.2, 0) is 15.3 Å². The van der Waals surface area contributed by atoms with Crippen molar-refractivity contribution in [2.24, 2.45) is 0 Å². The van der Waals surface area contributed by atoms with Crippen LogP contribution < -0.4 is 0 Å². The second-order valence-electron chi connectivity index (χ2n) is 2.47. The zero-order chi connectivity index (χ0) is 8.81. The van der Waals surface area contributed by atoms with E-state index in [1.807, 2.05) is 37.3 Å². The Morgan fingerprint density at radius 2 is 2.00 bits per heavy atom. The normalized spacial score (nSPS) is 12.8. The van der Waals surface area contributed by atoms with E-state index in [1.54, 1.807) is 0 Å². The first-order chi connectivity index (χ1) is 5.83. The Kier molecular flexibility index (Phi) is 4.06. The quantitative estimate of drug-likeness (QED) is 0.672. The van der Waals surface area contributed by atoms with E-state index in [4.69, 9.17) is 4.52 Å². The lowest BCUT2D eigenvalue weighted by atomic mass is 10.2. The summed E-state index contributed by atoms with van der Waals surface area (Å²) in [6.07, 6.45) is 0.555. The summed E-state index contributed by atoms with van der Waals surface area (Å²) in [5.74, 6) is 0. The monoisotopic (exact) mass is 184 g/mol. The van der Waals surface area contributed by atoms with Crippen molar-refractivity contribution in [3.05, 3.63) is 35.9 Å². The second-order valence-corrected chi connectivity index (χ2v) is 3.85. The van der Waals surface area contributed by atoms with Crippen molar-refractivity contribution in [3.8, 4) is 0 Å². The molecule has 1 aromatic carbocycles. The number of benzene rings is 1. The van der Waals surface area contributed by atoms with Gasteiger partial charge in [0, 0.05) is 6.16 Å². The molecule has 1 atom stereocenters. The van der Waals surface area contributed by atoms with E-state index in [2.05, 4.69) is 0 Å². The molecule has 0 aliphatic heterocycles. The van der Waals surface area contributed by atoms with Crippen LogP contribution in [0.4, 0.5) is 0 Å². The van der Waals surface area contributed by atoms with Crippen LogP contribution in [0, 0.1) is 0 Å². The molecule has 0 saturated carbocycles. The van der Waals surface area contributed by atoms with Gasteiger partial charge in [-0.05, 0) is 12.5 Å². The predicted octanol–water partition coefficient (Wildman–Crippen LogP) is 2.70. The van der Waals surface area contributed by atoms with E-state index in [9.17, 15) is 4.57 Å². The maximum absolute atomic E-state index is 11.2. The second kappa shape index (κ2) is 5.13. The molecule has 12 heavy (non-hydrogen) atoms. The van der Waals surface area contributed by atoms with Crippen LogP contribution in [0.2, 0.25) is 0 Å². The molecule has 0 spiro atoms. The topological polar surface area (TPSA) is 26.3 Å². The standard InChI is InChI=1S/C9H13O2P/c1-2-11-12(10)8-9-6-4-3-5-7-9/h3-7,12H,2,8H2,1H3. The van der Waals surface area contributed by atoms with Gasteiger partial charge in [-0.25, -0.2) is 0 Å². The van der Waals surface area contributed by atoms with Crippen LogP contribution in [0.15, 0.2) is 30.3 Å². The highest BCUT2D eigenvalue weighted by Gasteiger charge is 1.98. The van der Waals surface area contributed by atoms with Crippen molar-refractivity contribution < 1.29 is 9.09 Å². The zero-order valence-corrected chi connectivity index (χ0v) is 8.12. The Balaban J connectivity index is 2.47. The molecule has 0 amide bonds. The molecule has 0 aromatic heterocycles. The molecule has 0 aliphatic rings. The van der Waals surface area contributed by atoms with E-state index in [0.29, 0.717) is 12.8 Å². The van der Waals surface area contributed by atoms with E-state index in [1.165, 1.54) is 0 Å². The van der Waals surface area contributed by atoms with Crippen molar-refractivity contribution in [2.45, 2.75) is 13.1 Å². The Morgan fingerprint density at radius 1 is 1.33 bits per heavy atom. The van der Waals surface area contributed by atoms with Crippen molar-refractivity contribution >= 4 is 8.03 Å². The van der Waals surface area contributed by atoms with Crippen LogP contribution in [0.3, 0.4) is 0 Å². The average Bonchev–Trinajstić information content (AvgIpc) is 2.06. The molecule has 2 nitrogen and oxygen atoms in total. The molecule has 1 unspecified atom stereocenters. The average molecular weight is 184 g/mol. The Labute approximate surface area is 73.4 Å². The Morgan fingerprint density at radius 3 is 2.58 bits per heavy atom. The first kappa shape index (κ1) is 9.50. The van der Waals surface area contributed by atoms with E-state index in [-0.39, 0.29) is 0 Å². The molecule has 0 aliphatic carbocycles. The van der Waals surface area contributed by atoms with Gasteiger partial charge in [0.1, 0.15) is 0 Å². The van der Waals surface area contributed by atoms with Crippen LogP contribution >= 0.6 is 8.03 Å². The fourth-order valence-electron chi connectivity index (χ4n) is 0.975. The van der Waals surface area contributed by atoms with Crippen LogP contribution in [0.25, 0.3) is 0 Å². The van der Waals surface area contributed by atoms with E-state index >= 15 is 0 Å². The number of rotatable bonds is 4. The Bertz CT molecular complexity index is 246. The van der Waals surface area contributed by atoms with Gasteiger partial charge in [0.25, 0.3) is 0 Å². The summed E-state index contributed by atoms with van der Waals surface area (Å²) in [5.41, 5.74) is 1.08. The molecule has 0 N–H and O–H groups in total. The minimum atomic E-state index is -1.84. The highest BCUT2D eigenvalue weighted by molar-refractivity contribution is 7.38. The minimum absolute atomic E-state index is 0.532. The van der Waals surface area contributed by atoms with Crippen LogP contribution in [-0.4, -0.2) is 6.61 Å².